The summed E-state index contributed by atoms with van der Waals surface area (Å²) in [5, 5.41) is 9.41. The molecule has 1 saturated heterocycles. The van der Waals surface area contributed by atoms with Crippen LogP contribution in [0.3, 0.4) is 0 Å². The number of hydrogen-bond acceptors (Lipinski definition) is 2. The maximum Gasteiger partial charge on any atom is 0.407 e. The molecule has 1 aromatic rings. The number of rotatable bonds is 4. The van der Waals surface area contributed by atoms with E-state index in [1.54, 1.807) is 4.90 Å². The van der Waals surface area contributed by atoms with Gasteiger partial charge in [0.25, 0.3) is 0 Å². The molecule has 0 saturated carbocycles. The lowest BCUT2D eigenvalue weighted by molar-refractivity contribution is 0.0900. The first-order valence-corrected chi connectivity index (χ1v) is 7.70. The van der Waals surface area contributed by atoms with E-state index >= 15 is 0 Å². The highest BCUT2D eigenvalue weighted by Gasteiger charge is 2.30. The molecule has 1 aliphatic rings. The normalized spacial score (nSPS) is 22.6. The molecule has 116 valence electrons. The maximum atomic E-state index is 11.4. The van der Waals surface area contributed by atoms with Crippen molar-refractivity contribution in [2.45, 2.75) is 32.2 Å². The van der Waals surface area contributed by atoms with Crippen LogP contribution in [0.1, 0.15) is 36.9 Å². The number of likely N-dealkylation sites (tertiary alicyclic amines) is 1. The van der Waals surface area contributed by atoms with E-state index in [4.69, 9.17) is 0 Å². The molecule has 21 heavy (non-hydrogen) atoms. The zero-order valence-electron chi connectivity index (χ0n) is 13.2. The highest BCUT2D eigenvalue weighted by Crippen LogP contribution is 2.33. The van der Waals surface area contributed by atoms with Gasteiger partial charge in [-0.05, 0) is 50.4 Å². The standard InChI is InChI=1S/C17H26N2O2/c1-13-4-9-16(19(12-13)17(20)21)15-7-5-14(6-8-15)10-11-18(2)3/h5-8,13,16H,4,9-12H2,1-3H3,(H,20,21). The van der Waals surface area contributed by atoms with Crippen molar-refractivity contribution >= 4 is 6.09 Å². The number of amides is 1. The SMILES string of the molecule is CC1CCC(c2ccc(CCN(C)C)cc2)N(C(=O)O)C1. The van der Waals surface area contributed by atoms with Crippen molar-refractivity contribution in [3.05, 3.63) is 35.4 Å². The van der Waals surface area contributed by atoms with E-state index in [1.165, 1.54) is 5.56 Å². The van der Waals surface area contributed by atoms with Crippen molar-refractivity contribution in [2.24, 2.45) is 5.92 Å². The number of carboxylic acid groups (broad SMARTS) is 1. The third-order valence-corrected chi connectivity index (χ3v) is 4.28. The van der Waals surface area contributed by atoms with Crippen LogP contribution in [0.2, 0.25) is 0 Å². The minimum absolute atomic E-state index is 0.0154. The van der Waals surface area contributed by atoms with Gasteiger partial charge in [-0.3, -0.25) is 0 Å². The molecule has 0 aromatic heterocycles. The third-order valence-electron chi connectivity index (χ3n) is 4.28. The van der Waals surface area contributed by atoms with Gasteiger partial charge in [0.1, 0.15) is 0 Å². The first kappa shape index (κ1) is 15.8. The van der Waals surface area contributed by atoms with Crippen LogP contribution >= 0.6 is 0 Å². The molecular weight excluding hydrogens is 264 g/mol. The Kier molecular flexibility index (Phi) is 5.23. The third kappa shape index (κ3) is 4.21. The number of nitrogens with zero attached hydrogens (tertiary/aromatic N) is 2. The molecule has 4 nitrogen and oxygen atoms in total. The second-order valence-electron chi connectivity index (χ2n) is 6.43. The van der Waals surface area contributed by atoms with Crippen molar-refractivity contribution in [1.82, 2.24) is 9.80 Å². The predicted molar refractivity (Wildman–Crippen MR) is 84.6 cm³/mol. The Labute approximate surface area is 127 Å². The monoisotopic (exact) mass is 290 g/mol. The van der Waals surface area contributed by atoms with E-state index in [1.807, 2.05) is 0 Å². The second-order valence-corrected chi connectivity index (χ2v) is 6.43. The fraction of sp³-hybridized carbons (Fsp3) is 0.588. The Morgan fingerprint density at radius 2 is 1.95 bits per heavy atom. The molecule has 1 aliphatic heterocycles. The molecule has 1 heterocycles. The van der Waals surface area contributed by atoms with Crippen molar-refractivity contribution < 1.29 is 9.90 Å². The number of benzene rings is 1. The van der Waals surface area contributed by atoms with Crippen molar-refractivity contribution in [3.63, 3.8) is 0 Å². The van der Waals surface area contributed by atoms with Crippen LogP contribution in [-0.4, -0.2) is 48.2 Å². The zero-order chi connectivity index (χ0) is 15.4. The summed E-state index contributed by atoms with van der Waals surface area (Å²) in [5.41, 5.74) is 2.43. The minimum Gasteiger partial charge on any atom is -0.465 e. The number of carbonyl (C=O) groups is 1. The molecule has 1 fully saturated rings. The molecular formula is C17H26N2O2. The van der Waals surface area contributed by atoms with Crippen LogP contribution in [-0.2, 0) is 6.42 Å². The van der Waals surface area contributed by atoms with Crippen molar-refractivity contribution in [2.75, 3.05) is 27.2 Å². The van der Waals surface area contributed by atoms with E-state index in [2.05, 4.69) is 50.2 Å². The lowest BCUT2D eigenvalue weighted by Gasteiger charge is -2.37. The molecule has 1 N–H and O–H groups in total. The van der Waals surface area contributed by atoms with Crippen molar-refractivity contribution in [1.29, 1.82) is 0 Å². The van der Waals surface area contributed by atoms with Gasteiger partial charge < -0.3 is 14.9 Å². The predicted octanol–water partition coefficient (Wildman–Crippen LogP) is 3.24. The molecule has 0 aliphatic carbocycles. The Balaban J connectivity index is 2.07. The summed E-state index contributed by atoms with van der Waals surface area (Å²) in [6, 6.07) is 8.48. The average molecular weight is 290 g/mol. The molecule has 2 atom stereocenters. The van der Waals surface area contributed by atoms with Gasteiger partial charge >= 0.3 is 6.09 Å². The van der Waals surface area contributed by atoms with Crippen LogP contribution < -0.4 is 0 Å². The first-order valence-electron chi connectivity index (χ1n) is 7.70. The highest BCUT2D eigenvalue weighted by atomic mass is 16.4. The van der Waals surface area contributed by atoms with E-state index in [-0.39, 0.29) is 6.04 Å². The zero-order valence-corrected chi connectivity index (χ0v) is 13.2. The van der Waals surface area contributed by atoms with Crippen LogP contribution in [0.25, 0.3) is 0 Å². The summed E-state index contributed by atoms with van der Waals surface area (Å²) in [6.07, 6.45) is 2.24. The van der Waals surface area contributed by atoms with E-state index in [9.17, 15) is 9.90 Å². The molecule has 0 spiro atoms. The summed E-state index contributed by atoms with van der Waals surface area (Å²) in [5.74, 6) is 0.455. The maximum absolute atomic E-state index is 11.4. The van der Waals surface area contributed by atoms with Crippen molar-refractivity contribution in [3.8, 4) is 0 Å². The van der Waals surface area contributed by atoms with Crippen LogP contribution in [0.5, 0.6) is 0 Å². The Hall–Kier alpha value is -1.55. The summed E-state index contributed by atoms with van der Waals surface area (Å²) >= 11 is 0. The van der Waals surface area contributed by atoms with Gasteiger partial charge in [0.05, 0.1) is 6.04 Å². The average Bonchev–Trinajstić information content (AvgIpc) is 2.45. The summed E-state index contributed by atoms with van der Waals surface area (Å²) in [4.78, 5) is 15.2. The lowest BCUT2D eigenvalue weighted by Crippen LogP contribution is -2.40. The van der Waals surface area contributed by atoms with Gasteiger partial charge in [-0.25, -0.2) is 4.79 Å². The molecule has 2 rings (SSSR count). The van der Waals surface area contributed by atoms with E-state index in [0.29, 0.717) is 12.5 Å². The van der Waals surface area contributed by atoms with E-state index in [0.717, 1.165) is 31.4 Å². The molecule has 1 amide bonds. The van der Waals surface area contributed by atoms with Crippen LogP contribution in [0.4, 0.5) is 4.79 Å². The summed E-state index contributed by atoms with van der Waals surface area (Å²) in [7, 11) is 4.14. The number of hydrogen-bond donors (Lipinski definition) is 1. The molecule has 2 unspecified atom stereocenters. The van der Waals surface area contributed by atoms with Crippen LogP contribution in [0, 0.1) is 5.92 Å². The summed E-state index contributed by atoms with van der Waals surface area (Å²) < 4.78 is 0. The number of likely N-dealkylation sites (N-methyl/N-ethyl adjacent to an activating group) is 1. The summed E-state index contributed by atoms with van der Waals surface area (Å²) in [6.45, 7) is 3.79. The molecule has 1 aromatic carbocycles. The van der Waals surface area contributed by atoms with Gasteiger partial charge in [0.2, 0.25) is 0 Å². The largest absolute Gasteiger partial charge is 0.465 e. The van der Waals surface area contributed by atoms with Gasteiger partial charge in [-0.15, -0.1) is 0 Å². The van der Waals surface area contributed by atoms with Gasteiger partial charge in [0.15, 0.2) is 0 Å². The minimum atomic E-state index is -0.803. The smallest absolute Gasteiger partial charge is 0.407 e. The molecule has 0 bridgehead atoms. The fourth-order valence-corrected chi connectivity index (χ4v) is 2.97. The van der Waals surface area contributed by atoms with Gasteiger partial charge in [-0.1, -0.05) is 31.2 Å². The van der Waals surface area contributed by atoms with Gasteiger partial charge in [0, 0.05) is 13.1 Å². The number of piperidine rings is 1. The quantitative estimate of drug-likeness (QED) is 0.925. The highest BCUT2D eigenvalue weighted by molar-refractivity contribution is 5.66. The Morgan fingerprint density at radius 3 is 2.52 bits per heavy atom. The molecule has 0 radical (unpaired) electrons. The first-order chi connectivity index (χ1) is 9.97. The molecule has 4 heteroatoms. The van der Waals surface area contributed by atoms with Gasteiger partial charge in [-0.2, -0.15) is 0 Å². The van der Waals surface area contributed by atoms with E-state index < -0.39 is 6.09 Å². The second kappa shape index (κ2) is 6.94. The Morgan fingerprint density at radius 1 is 1.29 bits per heavy atom. The lowest BCUT2D eigenvalue weighted by atomic mass is 9.90. The van der Waals surface area contributed by atoms with Crippen LogP contribution in [0.15, 0.2) is 24.3 Å². The fourth-order valence-electron chi connectivity index (χ4n) is 2.97. The topological polar surface area (TPSA) is 43.8 Å². The Bertz CT molecular complexity index is 470.